The average Bonchev–Trinajstić information content (AvgIpc) is 3.10. The van der Waals surface area contributed by atoms with Crippen molar-refractivity contribution in [3.8, 4) is 5.75 Å². The van der Waals surface area contributed by atoms with E-state index in [2.05, 4.69) is 43.6 Å². The number of carbonyl (C=O) groups excluding carboxylic acids is 2. The summed E-state index contributed by atoms with van der Waals surface area (Å²) in [5.41, 5.74) is 1.91. The lowest BCUT2D eigenvalue weighted by molar-refractivity contribution is -0.798. The summed E-state index contributed by atoms with van der Waals surface area (Å²) >= 11 is 3.54. The minimum Gasteiger partial charge on any atom is -0.497 e. The summed E-state index contributed by atoms with van der Waals surface area (Å²) in [7, 11) is -0.268. The molecule has 0 bridgehead atoms. The fourth-order valence-corrected chi connectivity index (χ4v) is 9.05. The van der Waals surface area contributed by atoms with E-state index < -0.39 is 14.4 Å². The van der Waals surface area contributed by atoms with Crippen molar-refractivity contribution < 1.29 is 28.0 Å². The zero-order valence-corrected chi connectivity index (χ0v) is 23.2. The van der Waals surface area contributed by atoms with Crippen LogP contribution < -0.4 is 4.74 Å². The molecule has 5 atom stereocenters. The number of nitrogens with zero attached hydrogens (tertiary/aromatic N) is 1. The van der Waals surface area contributed by atoms with E-state index in [1.165, 1.54) is 0 Å². The zero-order valence-electron chi connectivity index (χ0n) is 20.6. The number of hydrogen-bond donors (Lipinski definition) is 0. The summed E-state index contributed by atoms with van der Waals surface area (Å²) in [6.07, 6.45) is 1.10. The number of ether oxygens (including phenoxy) is 2. The van der Waals surface area contributed by atoms with Crippen molar-refractivity contribution in [2.75, 3.05) is 12.4 Å². The predicted octanol–water partition coefficient (Wildman–Crippen LogP) is 6.01. The normalized spacial score (nSPS) is 27.4. The van der Waals surface area contributed by atoms with Crippen LogP contribution in [0.2, 0.25) is 18.1 Å². The van der Waals surface area contributed by atoms with Gasteiger partial charge in [0.15, 0.2) is 14.2 Å². The van der Waals surface area contributed by atoms with E-state index in [9.17, 15) is 9.59 Å². The first-order chi connectivity index (χ1) is 15.7. The molecule has 33 heavy (non-hydrogen) atoms. The molecular formula is C25H37BrNO5Si+. The second-order valence-electron chi connectivity index (χ2n) is 9.23. The number of β-lactam (4-membered cyclic amide) rings is 1. The van der Waals surface area contributed by atoms with Gasteiger partial charge in [0, 0.05) is 16.8 Å². The lowest BCUT2D eigenvalue weighted by atomic mass is 9.76. The van der Waals surface area contributed by atoms with Crippen LogP contribution in [0.15, 0.2) is 36.0 Å². The maximum atomic E-state index is 13.6. The summed E-state index contributed by atoms with van der Waals surface area (Å²) in [6, 6.07) is 10.3. The summed E-state index contributed by atoms with van der Waals surface area (Å²) in [5.74, 6) is 0.414. The van der Waals surface area contributed by atoms with E-state index >= 15 is 0 Å². The lowest BCUT2D eigenvalue weighted by Crippen LogP contribution is -2.76. The van der Waals surface area contributed by atoms with Crippen LogP contribution in [0.25, 0.3) is 0 Å². The number of quaternary nitrogens is 1. The Hall–Kier alpha value is -1.48. The molecule has 2 aliphatic heterocycles. The van der Waals surface area contributed by atoms with Gasteiger partial charge in [-0.3, -0.25) is 0 Å². The first kappa shape index (κ1) is 26.1. The molecule has 0 saturated carbocycles. The number of alkyl halides is 1. The maximum Gasteiger partial charge on any atom is 0.529 e. The van der Waals surface area contributed by atoms with Crippen molar-refractivity contribution in [1.82, 2.24) is 0 Å². The standard InChI is InChI=1S/C25H37BrNO5Si/c1-7-33(8-2,9-3)32-18(5)22-23-17(4)20(14-26)15-27(23,24(22)28)25(29)31-16-19-10-12-21(30-6)13-11-19/h10-13,15,17-18,22-23H,7-9,14,16H2,1-6H3/q+1/t17-,18?,22+,23-,27?/m0/s1. The summed E-state index contributed by atoms with van der Waals surface area (Å²) in [4.78, 5) is 27.0. The monoisotopic (exact) mass is 538 g/mol. The number of halogens is 1. The van der Waals surface area contributed by atoms with Gasteiger partial charge in [-0.05, 0) is 42.8 Å². The van der Waals surface area contributed by atoms with Crippen molar-refractivity contribution in [3.05, 3.63) is 41.6 Å². The van der Waals surface area contributed by atoms with Gasteiger partial charge in [-0.2, -0.15) is 4.79 Å². The highest BCUT2D eigenvalue weighted by Gasteiger charge is 2.75. The summed E-state index contributed by atoms with van der Waals surface area (Å²) < 4.78 is 17.2. The van der Waals surface area contributed by atoms with Gasteiger partial charge in [0.05, 0.1) is 13.2 Å². The van der Waals surface area contributed by atoms with Gasteiger partial charge in [-0.15, -0.1) is 4.48 Å². The van der Waals surface area contributed by atoms with Gasteiger partial charge >= 0.3 is 12.0 Å². The van der Waals surface area contributed by atoms with Gasteiger partial charge in [0.1, 0.15) is 24.6 Å². The fraction of sp³-hybridized carbons (Fsp3) is 0.600. The maximum absolute atomic E-state index is 13.6. The number of amides is 2. The third-order valence-electron chi connectivity index (χ3n) is 7.81. The Balaban J connectivity index is 1.81. The Bertz CT molecular complexity index is 892. The highest BCUT2D eigenvalue weighted by atomic mass is 79.9. The highest BCUT2D eigenvalue weighted by molar-refractivity contribution is 9.09. The SMILES string of the molecule is CC[Si](CC)(CC)OC(C)[C@H]1C(=O)[N+]2(C(=O)OCc3ccc(OC)cc3)C=C(CBr)[C@H](C)[C@@H]12. The van der Waals surface area contributed by atoms with E-state index in [0.717, 1.165) is 35.0 Å². The van der Waals surface area contributed by atoms with Crippen LogP contribution in [-0.4, -0.2) is 49.4 Å². The quantitative estimate of drug-likeness (QED) is 0.158. The zero-order chi connectivity index (χ0) is 24.4. The molecule has 2 heterocycles. The van der Waals surface area contributed by atoms with Crippen molar-refractivity contribution in [1.29, 1.82) is 0 Å². The van der Waals surface area contributed by atoms with E-state index in [0.29, 0.717) is 5.33 Å². The van der Waals surface area contributed by atoms with Crippen molar-refractivity contribution in [2.24, 2.45) is 11.8 Å². The van der Waals surface area contributed by atoms with Crippen LogP contribution >= 0.6 is 15.9 Å². The van der Waals surface area contributed by atoms with Crippen molar-refractivity contribution in [3.63, 3.8) is 0 Å². The van der Waals surface area contributed by atoms with E-state index in [4.69, 9.17) is 13.9 Å². The Morgan fingerprint density at radius 1 is 1.15 bits per heavy atom. The Labute approximate surface area is 207 Å². The lowest BCUT2D eigenvalue weighted by Gasteiger charge is -2.49. The molecule has 0 aliphatic carbocycles. The molecule has 6 nitrogen and oxygen atoms in total. The predicted molar refractivity (Wildman–Crippen MR) is 135 cm³/mol. The molecule has 1 aromatic rings. The van der Waals surface area contributed by atoms with E-state index in [-0.39, 0.29) is 41.0 Å². The molecular weight excluding hydrogens is 502 g/mol. The molecule has 0 N–H and O–H groups in total. The highest BCUT2D eigenvalue weighted by Crippen LogP contribution is 2.52. The Morgan fingerprint density at radius 2 is 1.76 bits per heavy atom. The van der Waals surface area contributed by atoms with Gasteiger partial charge in [-0.1, -0.05) is 55.8 Å². The molecule has 0 aromatic heterocycles. The van der Waals surface area contributed by atoms with E-state index in [1.54, 1.807) is 7.11 Å². The van der Waals surface area contributed by atoms with Crippen LogP contribution in [0.5, 0.6) is 5.75 Å². The fourth-order valence-electron chi connectivity index (χ4n) is 5.46. The van der Waals surface area contributed by atoms with Crippen molar-refractivity contribution >= 4 is 36.2 Å². The second kappa shape index (κ2) is 10.4. The van der Waals surface area contributed by atoms with Crippen LogP contribution in [0.1, 0.15) is 40.2 Å². The average molecular weight is 540 g/mol. The molecule has 1 aromatic carbocycles. The molecule has 3 rings (SSSR count). The number of benzene rings is 1. The molecule has 2 amide bonds. The second-order valence-corrected chi connectivity index (χ2v) is 14.5. The first-order valence-corrected chi connectivity index (χ1v) is 15.6. The van der Waals surface area contributed by atoms with Gasteiger partial charge < -0.3 is 13.9 Å². The van der Waals surface area contributed by atoms with Crippen molar-refractivity contribution in [2.45, 2.75) is 71.5 Å². The number of rotatable bonds is 10. The number of methoxy groups -OCH3 is 1. The van der Waals surface area contributed by atoms with Crippen LogP contribution in [0.4, 0.5) is 4.79 Å². The number of hydrogen-bond acceptors (Lipinski definition) is 5. The molecule has 2 aliphatic rings. The number of fused-ring (bicyclic) bond motifs is 1. The third kappa shape index (κ3) is 4.47. The van der Waals surface area contributed by atoms with Gasteiger partial charge in [-0.25, -0.2) is 4.79 Å². The largest absolute Gasteiger partial charge is 0.529 e. The summed E-state index contributed by atoms with van der Waals surface area (Å²) in [5, 5.41) is 0.628. The van der Waals surface area contributed by atoms with Crippen LogP contribution in [-0.2, 0) is 20.6 Å². The molecule has 1 saturated heterocycles. The minimum absolute atomic E-state index is 0.0904. The van der Waals surface area contributed by atoms with E-state index in [1.807, 2.05) is 37.4 Å². The smallest absolute Gasteiger partial charge is 0.497 e. The van der Waals surface area contributed by atoms with Gasteiger partial charge in [0.2, 0.25) is 0 Å². The number of carbonyl (C=O) groups is 2. The van der Waals surface area contributed by atoms with Crippen LogP contribution in [0.3, 0.4) is 0 Å². The topological polar surface area (TPSA) is 61.8 Å². The molecule has 0 radical (unpaired) electrons. The first-order valence-electron chi connectivity index (χ1n) is 11.9. The molecule has 1 fully saturated rings. The van der Waals surface area contributed by atoms with Gasteiger partial charge in [0.25, 0.3) is 0 Å². The minimum atomic E-state index is -1.88. The molecule has 0 spiro atoms. The molecule has 2 unspecified atom stereocenters. The van der Waals surface area contributed by atoms with Crippen LogP contribution in [0, 0.1) is 11.8 Å². The number of imide groups is 1. The summed E-state index contributed by atoms with van der Waals surface area (Å²) in [6.45, 7) is 10.8. The molecule has 182 valence electrons. The Morgan fingerprint density at radius 3 is 2.27 bits per heavy atom. The Kier molecular flexibility index (Phi) is 8.25. The molecule has 8 heteroatoms. The third-order valence-corrected chi connectivity index (χ3v) is 13.2.